The molecule has 1 aromatic carbocycles. The third kappa shape index (κ3) is 5.68. The van der Waals surface area contributed by atoms with Crippen molar-refractivity contribution in [3.63, 3.8) is 0 Å². The van der Waals surface area contributed by atoms with Crippen molar-refractivity contribution in [1.82, 2.24) is 5.32 Å². The summed E-state index contributed by atoms with van der Waals surface area (Å²) in [4.78, 5) is 0. The molecule has 0 bridgehead atoms. The molecule has 3 heteroatoms. The summed E-state index contributed by atoms with van der Waals surface area (Å²) in [5, 5.41) is 3.55. The van der Waals surface area contributed by atoms with Crippen molar-refractivity contribution >= 4 is 0 Å². The molecule has 0 amide bonds. The average molecular weight is 291 g/mol. The summed E-state index contributed by atoms with van der Waals surface area (Å²) in [6.45, 7) is 12.6. The summed E-state index contributed by atoms with van der Waals surface area (Å²) >= 11 is 0. The molecule has 0 aliphatic heterocycles. The summed E-state index contributed by atoms with van der Waals surface area (Å²) in [7, 11) is 0. The summed E-state index contributed by atoms with van der Waals surface area (Å²) in [5.41, 5.74) is 3.65. The molecule has 2 rings (SSSR count). The average Bonchev–Trinajstić information content (AvgIpc) is 3.17. The topological polar surface area (TPSA) is 30.5 Å². The third-order valence-electron chi connectivity index (χ3n) is 3.56. The minimum atomic E-state index is -0.105. The molecule has 118 valence electrons. The van der Waals surface area contributed by atoms with Gasteiger partial charge in [0.2, 0.25) is 0 Å². The molecule has 0 aromatic heterocycles. The van der Waals surface area contributed by atoms with E-state index in [2.05, 4.69) is 52.1 Å². The van der Waals surface area contributed by atoms with Gasteiger partial charge in [-0.1, -0.05) is 12.1 Å². The number of ether oxygens (including phenoxy) is 2. The highest BCUT2D eigenvalue weighted by Crippen LogP contribution is 2.26. The summed E-state index contributed by atoms with van der Waals surface area (Å²) in [5.74, 6) is 1.00. The number of hydrogen-bond donors (Lipinski definition) is 1. The van der Waals surface area contributed by atoms with E-state index >= 15 is 0 Å². The molecule has 0 heterocycles. The maximum absolute atomic E-state index is 5.91. The first-order valence-corrected chi connectivity index (χ1v) is 7.95. The van der Waals surface area contributed by atoms with Crippen molar-refractivity contribution < 1.29 is 9.47 Å². The Morgan fingerprint density at radius 3 is 2.24 bits per heavy atom. The lowest BCUT2D eigenvalue weighted by molar-refractivity contribution is -0.0164. The molecule has 0 unspecified atom stereocenters. The Kier molecular flexibility index (Phi) is 5.28. The predicted molar refractivity (Wildman–Crippen MR) is 87.0 cm³/mol. The zero-order chi connectivity index (χ0) is 15.5. The van der Waals surface area contributed by atoms with Gasteiger partial charge in [-0.25, -0.2) is 0 Å². The second kappa shape index (κ2) is 6.80. The van der Waals surface area contributed by atoms with E-state index in [-0.39, 0.29) is 5.60 Å². The van der Waals surface area contributed by atoms with Gasteiger partial charge >= 0.3 is 0 Å². The monoisotopic (exact) mass is 291 g/mol. The Bertz CT molecular complexity index is 450. The van der Waals surface area contributed by atoms with Crippen molar-refractivity contribution in [2.45, 2.75) is 65.6 Å². The van der Waals surface area contributed by atoms with E-state index in [0.717, 1.165) is 18.3 Å². The van der Waals surface area contributed by atoms with Gasteiger partial charge in [0.15, 0.2) is 0 Å². The predicted octanol–water partition coefficient (Wildman–Crippen LogP) is 3.75. The largest absolute Gasteiger partial charge is 0.491 e. The van der Waals surface area contributed by atoms with Crippen LogP contribution in [0.1, 0.15) is 50.3 Å². The van der Waals surface area contributed by atoms with Gasteiger partial charge in [0, 0.05) is 12.6 Å². The number of benzene rings is 1. The maximum atomic E-state index is 5.91. The van der Waals surface area contributed by atoms with E-state index < -0.39 is 0 Å². The van der Waals surface area contributed by atoms with E-state index in [0.29, 0.717) is 13.2 Å². The Balaban J connectivity index is 1.86. The molecule has 1 fully saturated rings. The third-order valence-corrected chi connectivity index (χ3v) is 3.56. The van der Waals surface area contributed by atoms with E-state index in [1.165, 1.54) is 29.5 Å². The zero-order valence-electron chi connectivity index (χ0n) is 14.1. The molecule has 1 aliphatic rings. The molecule has 0 radical (unpaired) electrons. The minimum Gasteiger partial charge on any atom is -0.491 e. The van der Waals surface area contributed by atoms with Crippen LogP contribution in [0.3, 0.4) is 0 Å². The van der Waals surface area contributed by atoms with Crippen LogP contribution >= 0.6 is 0 Å². The summed E-state index contributed by atoms with van der Waals surface area (Å²) in [6.07, 6.45) is 2.65. The van der Waals surface area contributed by atoms with Crippen LogP contribution in [0.5, 0.6) is 5.75 Å². The van der Waals surface area contributed by atoms with Gasteiger partial charge in [0.1, 0.15) is 12.4 Å². The van der Waals surface area contributed by atoms with Crippen LogP contribution in [0.2, 0.25) is 0 Å². The second-order valence-corrected chi connectivity index (χ2v) is 7.02. The second-order valence-electron chi connectivity index (χ2n) is 7.02. The highest BCUT2D eigenvalue weighted by atomic mass is 16.5. The fourth-order valence-corrected chi connectivity index (χ4v) is 2.41. The van der Waals surface area contributed by atoms with Crippen LogP contribution in [-0.2, 0) is 11.3 Å². The van der Waals surface area contributed by atoms with Gasteiger partial charge in [-0.15, -0.1) is 0 Å². The SMILES string of the molecule is Cc1cc(CNC2CC2)cc(C)c1OCCOC(C)(C)C. The molecule has 1 N–H and O–H groups in total. The van der Waals surface area contributed by atoms with Gasteiger partial charge in [-0.05, 0) is 64.2 Å². The van der Waals surface area contributed by atoms with Crippen molar-refractivity contribution in [2.24, 2.45) is 0 Å². The lowest BCUT2D eigenvalue weighted by Crippen LogP contribution is -2.22. The van der Waals surface area contributed by atoms with Gasteiger partial charge < -0.3 is 14.8 Å². The molecule has 0 spiro atoms. The van der Waals surface area contributed by atoms with Gasteiger partial charge in [-0.3, -0.25) is 0 Å². The number of rotatable bonds is 7. The van der Waals surface area contributed by atoms with Crippen LogP contribution in [0, 0.1) is 13.8 Å². The zero-order valence-corrected chi connectivity index (χ0v) is 14.1. The molecule has 21 heavy (non-hydrogen) atoms. The minimum absolute atomic E-state index is 0.105. The summed E-state index contributed by atoms with van der Waals surface area (Å²) in [6, 6.07) is 5.20. The van der Waals surface area contributed by atoms with Crippen LogP contribution in [0.4, 0.5) is 0 Å². The molecule has 3 nitrogen and oxygen atoms in total. The lowest BCUT2D eigenvalue weighted by atomic mass is 10.1. The molecule has 1 aliphatic carbocycles. The molecular weight excluding hydrogens is 262 g/mol. The summed E-state index contributed by atoms with van der Waals surface area (Å²) < 4.78 is 11.6. The van der Waals surface area contributed by atoms with E-state index in [4.69, 9.17) is 9.47 Å². The smallest absolute Gasteiger partial charge is 0.125 e. The number of hydrogen-bond acceptors (Lipinski definition) is 3. The van der Waals surface area contributed by atoms with E-state index in [9.17, 15) is 0 Å². The molecular formula is C18H29NO2. The molecule has 0 saturated heterocycles. The highest BCUT2D eigenvalue weighted by Gasteiger charge is 2.20. The molecule has 0 atom stereocenters. The maximum Gasteiger partial charge on any atom is 0.125 e. The van der Waals surface area contributed by atoms with Crippen LogP contribution in [0.25, 0.3) is 0 Å². The Morgan fingerprint density at radius 1 is 1.10 bits per heavy atom. The quantitative estimate of drug-likeness (QED) is 0.776. The standard InChI is InChI=1S/C18H29NO2/c1-13-10-15(12-19-16-6-7-16)11-14(2)17(13)20-8-9-21-18(3,4)5/h10-11,16,19H,6-9,12H2,1-5H3. The van der Waals surface area contributed by atoms with Crippen LogP contribution < -0.4 is 10.1 Å². The highest BCUT2D eigenvalue weighted by molar-refractivity contribution is 5.43. The van der Waals surface area contributed by atoms with E-state index in [1.54, 1.807) is 0 Å². The first-order chi connectivity index (χ1) is 9.85. The lowest BCUT2D eigenvalue weighted by Gasteiger charge is -2.20. The Labute approximate surface area is 129 Å². The van der Waals surface area contributed by atoms with Gasteiger partial charge in [0.25, 0.3) is 0 Å². The molecule has 1 saturated carbocycles. The first kappa shape index (κ1) is 16.3. The Hall–Kier alpha value is -1.06. The van der Waals surface area contributed by atoms with Crippen LogP contribution in [-0.4, -0.2) is 24.9 Å². The van der Waals surface area contributed by atoms with Crippen molar-refractivity contribution in [3.8, 4) is 5.75 Å². The van der Waals surface area contributed by atoms with Crippen molar-refractivity contribution in [2.75, 3.05) is 13.2 Å². The van der Waals surface area contributed by atoms with Gasteiger partial charge in [-0.2, -0.15) is 0 Å². The first-order valence-electron chi connectivity index (χ1n) is 7.95. The van der Waals surface area contributed by atoms with Gasteiger partial charge in [0.05, 0.1) is 12.2 Å². The van der Waals surface area contributed by atoms with Crippen molar-refractivity contribution in [3.05, 3.63) is 28.8 Å². The van der Waals surface area contributed by atoms with E-state index in [1.807, 2.05) is 0 Å². The Morgan fingerprint density at radius 2 is 1.71 bits per heavy atom. The fraction of sp³-hybridized carbons (Fsp3) is 0.667. The number of aryl methyl sites for hydroxylation is 2. The fourth-order valence-electron chi connectivity index (χ4n) is 2.41. The van der Waals surface area contributed by atoms with Crippen LogP contribution in [0.15, 0.2) is 12.1 Å². The molecule has 1 aromatic rings. The van der Waals surface area contributed by atoms with Crippen molar-refractivity contribution in [1.29, 1.82) is 0 Å². The number of nitrogens with one attached hydrogen (secondary N) is 1. The normalized spacial score (nSPS) is 15.3.